The second-order valence-corrected chi connectivity index (χ2v) is 5.30. The van der Waals surface area contributed by atoms with Gasteiger partial charge in [-0.2, -0.15) is 13.2 Å². The van der Waals surface area contributed by atoms with Crippen molar-refractivity contribution in [2.45, 2.75) is 19.0 Å². The molecular weight excluding hydrogens is 281 g/mol. The highest BCUT2D eigenvalue weighted by Crippen LogP contribution is 2.35. The molecule has 2 N–H and O–H groups in total. The average Bonchev–Trinajstić information content (AvgIpc) is 2.45. The summed E-state index contributed by atoms with van der Waals surface area (Å²) in [6.45, 7) is 0.517. The zero-order chi connectivity index (χ0) is 15.0. The minimum atomic E-state index is -4.16. The molecule has 1 fully saturated rings. The van der Waals surface area contributed by atoms with Gasteiger partial charge in [0.1, 0.15) is 12.1 Å². The summed E-state index contributed by atoms with van der Waals surface area (Å²) in [5.74, 6) is -0.751. The number of alkyl halides is 3. The molecule has 4 nitrogen and oxygen atoms in total. The molecule has 0 saturated carbocycles. The number of anilines is 2. The van der Waals surface area contributed by atoms with Gasteiger partial charge >= 0.3 is 6.18 Å². The van der Waals surface area contributed by atoms with E-state index in [0.29, 0.717) is 30.0 Å². The minimum Gasteiger partial charge on any atom is -0.399 e. The SMILES string of the molecule is Nc1ccc2c(N3CCCC(C(F)(F)F)C3)ncnc2c1. The lowest BCUT2D eigenvalue weighted by atomic mass is 9.97. The number of piperidine rings is 1. The maximum absolute atomic E-state index is 12.9. The number of benzene rings is 1. The molecule has 7 heteroatoms. The van der Waals surface area contributed by atoms with Crippen molar-refractivity contribution in [3.63, 3.8) is 0 Å². The molecule has 2 aromatic rings. The molecule has 2 heterocycles. The Balaban J connectivity index is 1.96. The van der Waals surface area contributed by atoms with Crippen LogP contribution in [0.5, 0.6) is 0 Å². The van der Waals surface area contributed by atoms with Gasteiger partial charge in [0.15, 0.2) is 0 Å². The molecule has 1 aromatic carbocycles. The first-order valence-corrected chi connectivity index (χ1v) is 6.77. The Labute approximate surface area is 119 Å². The summed E-state index contributed by atoms with van der Waals surface area (Å²) >= 11 is 0. The molecule has 1 aromatic heterocycles. The van der Waals surface area contributed by atoms with E-state index >= 15 is 0 Å². The maximum Gasteiger partial charge on any atom is 0.393 e. The van der Waals surface area contributed by atoms with E-state index < -0.39 is 12.1 Å². The van der Waals surface area contributed by atoms with Gasteiger partial charge < -0.3 is 10.6 Å². The Kier molecular flexibility index (Phi) is 3.35. The third-order valence-electron chi connectivity index (χ3n) is 3.82. The van der Waals surface area contributed by atoms with Crippen molar-refractivity contribution in [3.8, 4) is 0 Å². The number of halogens is 3. The van der Waals surface area contributed by atoms with Crippen molar-refractivity contribution in [1.82, 2.24) is 9.97 Å². The van der Waals surface area contributed by atoms with Crippen LogP contribution < -0.4 is 10.6 Å². The van der Waals surface area contributed by atoms with Crippen LogP contribution >= 0.6 is 0 Å². The first-order valence-electron chi connectivity index (χ1n) is 6.77. The maximum atomic E-state index is 12.9. The fourth-order valence-corrected chi connectivity index (χ4v) is 2.75. The van der Waals surface area contributed by atoms with E-state index in [1.165, 1.54) is 6.33 Å². The van der Waals surface area contributed by atoms with Crippen molar-refractivity contribution in [2.75, 3.05) is 23.7 Å². The predicted octanol–water partition coefficient (Wildman–Crippen LogP) is 2.99. The van der Waals surface area contributed by atoms with Gasteiger partial charge in [-0.25, -0.2) is 9.97 Å². The van der Waals surface area contributed by atoms with Crippen molar-refractivity contribution in [1.29, 1.82) is 0 Å². The number of fused-ring (bicyclic) bond motifs is 1. The van der Waals surface area contributed by atoms with Crippen LogP contribution in [0, 0.1) is 5.92 Å². The van der Waals surface area contributed by atoms with Crippen LogP contribution in [0.3, 0.4) is 0 Å². The number of hydrogen-bond acceptors (Lipinski definition) is 4. The lowest BCUT2D eigenvalue weighted by Gasteiger charge is -2.34. The monoisotopic (exact) mass is 296 g/mol. The predicted molar refractivity (Wildman–Crippen MR) is 74.9 cm³/mol. The Morgan fingerprint density at radius 3 is 2.81 bits per heavy atom. The minimum absolute atomic E-state index is 0.0556. The quantitative estimate of drug-likeness (QED) is 0.822. The number of nitrogens with zero attached hydrogens (tertiary/aromatic N) is 3. The molecule has 3 rings (SSSR count). The molecular formula is C14H15F3N4. The van der Waals surface area contributed by atoms with Crippen LogP contribution in [-0.4, -0.2) is 29.2 Å². The van der Waals surface area contributed by atoms with Crippen LogP contribution in [0.15, 0.2) is 24.5 Å². The largest absolute Gasteiger partial charge is 0.399 e. The third-order valence-corrected chi connectivity index (χ3v) is 3.82. The summed E-state index contributed by atoms with van der Waals surface area (Å²) in [5, 5.41) is 0.731. The molecule has 0 spiro atoms. The van der Waals surface area contributed by atoms with Crippen molar-refractivity contribution in [3.05, 3.63) is 24.5 Å². The fraction of sp³-hybridized carbons (Fsp3) is 0.429. The fourth-order valence-electron chi connectivity index (χ4n) is 2.75. The van der Waals surface area contributed by atoms with E-state index in [1.807, 2.05) is 0 Å². The van der Waals surface area contributed by atoms with E-state index in [-0.39, 0.29) is 13.0 Å². The van der Waals surface area contributed by atoms with Crippen molar-refractivity contribution in [2.24, 2.45) is 5.92 Å². The highest BCUT2D eigenvalue weighted by atomic mass is 19.4. The van der Waals surface area contributed by atoms with E-state index in [4.69, 9.17) is 5.73 Å². The number of aromatic nitrogens is 2. The first kappa shape index (κ1) is 13.9. The highest BCUT2D eigenvalue weighted by molar-refractivity contribution is 5.91. The molecule has 0 radical (unpaired) electrons. The summed E-state index contributed by atoms with van der Waals surface area (Å²) in [4.78, 5) is 10.0. The Morgan fingerprint density at radius 2 is 2.05 bits per heavy atom. The van der Waals surface area contributed by atoms with E-state index in [2.05, 4.69) is 9.97 Å². The molecule has 1 unspecified atom stereocenters. The Hall–Kier alpha value is -2.05. The Morgan fingerprint density at radius 1 is 1.24 bits per heavy atom. The summed E-state index contributed by atoms with van der Waals surface area (Å²) < 4.78 is 38.8. The molecule has 0 amide bonds. The molecule has 0 bridgehead atoms. The number of nitrogens with two attached hydrogens (primary N) is 1. The van der Waals surface area contributed by atoms with Gasteiger partial charge in [-0.15, -0.1) is 0 Å². The molecule has 1 atom stereocenters. The van der Waals surface area contributed by atoms with Gasteiger partial charge in [-0.3, -0.25) is 0 Å². The molecule has 1 saturated heterocycles. The summed E-state index contributed by atoms with van der Waals surface area (Å²) in [6.07, 6.45) is -2.11. The standard InChI is InChI=1S/C14H15F3N4/c15-14(16,17)9-2-1-5-21(7-9)13-11-4-3-10(18)6-12(11)19-8-20-13/h3-4,6,8-9H,1-2,5,7,18H2. The van der Waals surface area contributed by atoms with Crippen LogP contribution in [-0.2, 0) is 0 Å². The van der Waals surface area contributed by atoms with E-state index in [0.717, 1.165) is 5.39 Å². The average molecular weight is 296 g/mol. The smallest absolute Gasteiger partial charge is 0.393 e. The summed E-state index contributed by atoms with van der Waals surface area (Å²) in [6, 6.07) is 5.17. The number of rotatable bonds is 1. The first-order chi connectivity index (χ1) is 9.95. The van der Waals surface area contributed by atoms with Gasteiger partial charge in [-0.05, 0) is 31.0 Å². The van der Waals surface area contributed by atoms with Gasteiger partial charge in [0.05, 0.1) is 11.4 Å². The molecule has 1 aliphatic rings. The zero-order valence-electron chi connectivity index (χ0n) is 11.3. The van der Waals surface area contributed by atoms with E-state index in [1.54, 1.807) is 23.1 Å². The Bertz CT molecular complexity index is 656. The topological polar surface area (TPSA) is 55.0 Å². The summed E-state index contributed by atoms with van der Waals surface area (Å²) in [7, 11) is 0. The van der Waals surface area contributed by atoms with Crippen LogP contribution in [0.1, 0.15) is 12.8 Å². The third kappa shape index (κ3) is 2.72. The lowest BCUT2D eigenvalue weighted by molar-refractivity contribution is -0.176. The van der Waals surface area contributed by atoms with Crippen LogP contribution in [0.25, 0.3) is 10.9 Å². The van der Waals surface area contributed by atoms with Gasteiger partial charge in [0.2, 0.25) is 0 Å². The second-order valence-electron chi connectivity index (χ2n) is 5.30. The number of nitrogen functional groups attached to an aromatic ring is 1. The molecule has 0 aliphatic carbocycles. The normalized spacial score (nSPS) is 20.0. The van der Waals surface area contributed by atoms with Crippen LogP contribution in [0.4, 0.5) is 24.7 Å². The van der Waals surface area contributed by atoms with Crippen molar-refractivity contribution < 1.29 is 13.2 Å². The second kappa shape index (κ2) is 5.05. The molecule has 21 heavy (non-hydrogen) atoms. The lowest BCUT2D eigenvalue weighted by Crippen LogP contribution is -2.42. The summed E-state index contributed by atoms with van der Waals surface area (Å²) in [5.41, 5.74) is 6.92. The van der Waals surface area contributed by atoms with Crippen LogP contribution in [0.2, 0.25) is 0 Å². The van der Waals surface area contributed by atoms with E-state index in [9.17, 15) is 13.2 Å². The molecule has 1 aliphatic heterocycles. The zero-order valence-corrected chi connectivity index (χ0v) is 11.3. The number of hydrogen-bond donors (Lipinski definition) is 1. The molecule has 112 valence electrons. The van der Waals surface area contributed by atoms with Gasteiger partial charge in [0, 0.05) is 24.2 Å². The highest BCUT2D eigenvalue weighted by Gasteiger charge is 2.42. The van der Waals surface area contributed by atoms with Gasteiger partial charge in [-0.1, -0.05) is 0 Å². The van der Waals surface area contributed by atoms with Gasteiger partial charge in [0.25, 0.3) is 0 Å². The van der Waals surface area contributed by atoms with Crippen molar-refractivity contribution >= 4 is 22.4 Å².